The molecule has 0 aromatic carbocycles. The predicted octanol–water partition coefficient (Wildman–Crippen LogP) is 1.54. The molecule has 8 nitrogen and oxygen atoms in total. The van der Waals surface area contributed by atoms with E-state index in [2.05, 4.69) is 24.8 Å². The average Bonchev–Trinajstić information content (AvgIpc) is 3.34. The second kappa shape index (κ2) is 6.29. The van der Waals surface area contributed by atoms with Crippen LogP contribution in [0.3, 0.4) is 0 Å². The molecule has 8 heteroatoms. The molecule has 1 aliphatic heterocycles. The number of ether oxygens (including phenoxy) is 1. The molecule has 0 saturated carbocycles. The van der Waals surface area contributed by atoms with E-state index in [9.17, 15) is 0 Å². The Balaban J connectivity index is 1.54. The Bertz CT molecular complexity index is 834. The monoisotopic (exact) mass is 339 g/mol. The standard InChI is InChI=1S/C17H21N7O/c1-22-9-6-19-16(22)17(25-2)3-7-23(8-4-17)14-11-15(21-12-20-14)24-10-5-18-13-24/h5-6,9-13H,3-4,7-8H2,1-2H3. The summed E-state index contributed by atoms with van der Waals surface area (Å²) in [4.78, 5) is 19.6. The van der Waals surface area contributed by atoms with Gasteiger partial charge in [-0.3, -0.25) is 4.57 Å². The molecule has 25 heavy (non-hydrogen) atoms. The van der Waals surface area contributed by atoms with Gasteiger partial charge in [0.05, 0.1) is 0 Å². The van der Waals surface area contributed by atoms with Crippen LogP contribution < -0.4 is 4.90 Å². The first-order valence-electron chi connectivity index (χ1n) is 8.30. The van der Waals surface area contributed by atoms with Crippen LogP contribution in [0.4, 0.5) is 5.82 Å². The molecule has 130 valence electrons. The van der Waals surface area contributed by atoms with Crippen molar-refractivity contribution in [3.05, 3.63) is 49.3 Å². The van der Waals surface area contributed by atoms with Gasteiger partial charge in [0.25, 0.3) is 0 Å². The Kier molecular flexibility index (Phi) is 3.96. The number of hydrogen-bond acceptors (Lipinski definition) is 6. The molecule has 4 heterocycles. The Morgan fingerprint density at radius 2 is 1.84 bits per heavy atom. The van der Waals surface area contributed by atoms with Crippen molar-refractivity contribution in [3.8, 4) is 5.82 Å². The lowest BCUT2D eigenvalue weighted by Gasteiger charge is -2.40. The number of rotatable bonds is 4. The summed E-state index contributed by atoms with van der Waals surface area (Å²) in [6.07, 6.45) is 12.5. The Morgan fingerprint density at radius 3 is 2.48 bits per heavy atom. The van der Waals surface area contributed by atoms with Gasteiger partial charge in [-0.2, -0.15) is 0 Å². The van der Waals surface area contributed by atoms with Gasteiger partial charge in [0.2, 0.25) is 0 Å². The van der Waals surface area contributed by atoms with Crippen molar-refractivity contribution in [2.45, 2.75) is 18.4 Å². The fraction of sp³-hybridized carbons (Fsp3) is 0.412. The molecular weight excluding hydrogens is 318 g/mol. The summed E-state index contributed by atoms with van der Waals surface area (Å²) in [5, 5.41) is 0. The van der Waals surface area contributed by atoms with Crippen LogP contribution in [0.5, 0.6) is 0 Å². The quantitative estimate of drug-likeness (QED) is 0.718. The van der Waals surface area contributed by atoms with Gasteiger partial charge in [-0.05, 0) is 0 Å². The van der Waals surface area contributed by atoms with E-state index < -0.39 is 0 Å². The molecule has 1 saturated heterocycles. The largest absolute Gasteiger partial charge is 0.370 e. The van der Waals surface area contributed by atoms with Crippen LogP contribution in [-0.4, -0.2) is 49.3 Å². The number of imidazole rings is 2. The minimum Gasteiger partial charge on any atom is -0.370 e. The second-order valence-electron chi connectivity index (χ2n) is 6.25. The lowest BCUT2D eigenvalue weighted by atomic mass is 9.90. The molecule has 0 radical (unpaired) electrons. The van der Waals surface area contributed by atoms with Crippen LogP contribution in [0.25, 0.3) is 5.82 Å². The van der Waals surface area contributed by atoms with E-state index in [4.69, 9.17) is 4.74 Å². The van der Waals surface area contributed by atoms with Gasteiger partial charge in [0, 0.05) is 70.9 Å². The van der Waals surface area contributed by atoms with E-state index in [1.165, 1.54) is 0 Å². The van der Waals surface area contributed by atoms with Crippen LogP contribution in [0.2, 0.25) is 0 Å². The summed E-state index contributed by atoms with van der Waals surface area (Å²) in [7, 11) is 3.78. The lowest BCUT2D eigenvalue weighted by Crippen LogP contribution is -2.45. The molecular formula is C17H21N7O. The molecule has 0 N–H and O–H groups in total. The molecule has 0 aliphatic carbocycles. The first-order valence-corrected chi connectivity index (χ1v) is 8.30. The first-order chi connectivity index (χ1) is 12.2. The maximum atomic E-state index is 5.92. The smallest absolute Gasteiger partial charge is 0.143 e. The zero-order chi connectivity index (χ0) is 17.3. The minimum absolute atomic E-state index is 0.338. The van der Waals surface area contributed by atoms with Crippen LogP contribution in [0, 0.1) is 0 Å². The Morgan fingerprint density at radius 1 is 1.04 bits per heavy atom. The van der Waals surface area contributed by atoms with Crippen LogP contribution in [0.15, 0.2) is 43.5 Å². The zero-order valence-electron chi connectivity index (χ0n) is 14.4. The molecule has 3 aromatic rings. The Hall–Kier alpha value is -2.74. The topological polar surface area (TPSA) is 73.9 Å². The third-order valence-corrected chi connectivity index (χ3v) is 4.92. The minimum atomic E-state index is -0.338. The summed E-state index contributed by atoms with van der Waals surface area (Å²) in [5.74, 6) is 2.72. The van der Waals surface area contributed by atoms with Crippen molar-refractivity contribution in [2.75, 3.05) is 25.1 Å². The number of aryl methyl sites for hydroxylation is 1. The highest BCUT2D eigenvalue weighted by atomic mass is 16.5. The van der Waals surface area contributed by atoms with Crippen molar-refractivity contribution >= 4 is 5.82 Å². The molecule has 1 aliphatic rings. The van der Waals surface area contributed by atoms with Gasteiger partial charge >= 0.3 is 0 Å². The van der Waals surface area contributed by atoms with Gasteiger partial charge in [-0.25, -0.2) is 19.9 Å². The summed E-state index contributed by atoms with van der Waals surface area (Å²) >= 11 is 0. The van der Waals surface area contributed by atoms with Gasteiger partial charge in [-0.15, -0.1) is 0 Å². The summed E-state index contributed by atoms with van der Waals surface area (Å²) in [6, 6.07) is 1.99. The highest BCUT2D eigenvalue weighted by molar-refractivity contribution is 5.44. The normalized spacial score (nSPS) is 17.0. The third-order valence-electron chi connectivity index (χ3n) is 4.92. The predicted molar refractivity (Wildman–Crippen MR) is 92.5 cm³/mol. The van der Waals surface area contributed by atoms with E-state index in [0.29, 0.717) is 0 Å². The van der Waals surface area contributed by atoms with Crippen molar-refractivity contribution in [1.29, 1.82) is 0 Å². The molecule has 0 amide bonds. The van der Waals surface area contributed by atoms with Gasteiger partial charge < -0.3 is 14.2 Å². The summed E-state index contributed by atoms with van der Waals surface area (Å²) < 4.78 is 9.84. The van der Waals surface area contributed by atoms with Crippen LogP contribution in [0.1, 0.15) is 18.7 Å². The lowest BCUT2D eigenvalue weighted by molar-refractivity contribution is -0.0437. The number of methoxy groups -OCH3 is 1. The highest BCUT2D eigenvalue weighted by Gasteiger charge is 2.39. The number of nitrogens with zero attached hydrogens (tertiary/aromatic N) is 7. The molecule has 3 aromatic heterocycles. The van der Waals surface area contributed by atoms with Crippen molar-refractivity contribution in [2.24, 2.45) is 7.05 Å². The van der Waals surface area contributed by atoms with Crippen molar-refractivity contribution in [1.82, 2.24) is 29.1 Å². The molecule has 4 rings (SSSR count). The maximum absolute atomic E-state index is 5.92. The SMILES string of the molecule is COC1(c2nccn2C)CCN(c2cc(-n3ccnc3)ncn2)CC1. The molecule has 1 fully saturated rings. The summed E-state index contributed by atoms with van der Waals surface area (Å²) in [6.45, 7) is 1.70. The first kappa shape index (κ1) is 15.8. The number of hydrogen-bond donors (Lipinski definition) is 0. The average molecular weight is 339 g/mol. The zero-order valence-corrected chi connectivity index (χ0v) is 14.4. The van der Waals surface area contributed by atoms with Crippen molar-refractivity contribution < 1.29 is 4.74 Å². The van der Waals surface area contributed by atoms with E-state index in [0.717, 1.165) is 43.4 Å². The fourth-order valence-corrected chi connectivity index (χ4v) is 3.47. The van der Waals surface area contributed by atoms with E-state index >= 15 is 0 Å². The maximum Gasteiger partial charge on any atom is 0.143 e. The van der Waals surface area contributed by atoms with Gasteiger partial charge in [0.1, 0.15) is 35.7 Å². The number of anilines is 1. The van der Waals surface area contributed by atoms with E-state index in [1.54, 1.807) is 26.0 Å². The van der Waals surface area contributed by atoms with Gasteiger partial charge in [0.15, 0.2) is 0 Å². The molecule has 0 atom stereocenters. The van der Waals surface area contributed by atoms with E-state index in [-0.39, 0.29) is 5.60 Å². The fourth-order valence-electron chi connectivity index (χ4n) is 3.47. The van der Waals surface area contributed by atoms with Crippen LogP contribution >= 0.6 is 0 Å². The second-order valence-corrected chi connectivity index (χ2v) is 6.25. The molecule has 0 spiro atoms. The highest BCUT2D eigenvalue weighted by Crippen LogP contribution is 2.36. The van der Waals surface area contributed by atoms with Crippen molar-refractivity contribution in [3.63, 3.8) is 0 Å². The van der Waals surface area contributed by atoms with E-state index in [1.807, 2.05) is 40.8 Å². The van der Waals surface area contributed by atoms with Crippen LogP contribution in [-0.2, 0) is 17.4 Å². The number of piperidine rings is 1. The molecule has 0 bridgehead atoms. The Labute approximate surface area is 146 Å². The third kappa shape index (κ3) is 2.78. The summed E-state index contributed by atoms with van der Waals surface area (Å²) in [5.41, 5.74) is -0.338. The molecule has 0 unspecified atom stereocenters. The number of aromatic nitrogens is 6. The van der Waals surface area contributed by atoms with Gasteiger partial charge in [-0.1, -0.05) is 0 Å².